The van der Waals surface area contributed by atoms with Crippen LogP contribution in [0.1, 0.15) is 39.9 Å². The van der Waals surface area contributed by atoms with Crippen LogP contribution in [0.2, 0.25) is 0 Å². The lowest BCUT2D eigenvalue weighted by Crippen LogP contribution is -2.31. The van der Waals surface area contributed by atoms with Gasteiger partial charge in [-0.2, -0.15) is 0 Å². The highest BCUT2D eigenvalue weighted by Gasteiger charge is 2.31. The molecule has 170 valence electrons. The molecular weight excluding hydrogens is 448 g/mol. The summed E-state index contributed by atoms with van der Waals surface area (Å²) in [6, 6.07) is 14.5. The Morgan fingerprint density at radius 3 is 2.53 bits per heavy atom. The molecular formula is C26H22N4O3S. The molecule has 1 aliphatic heterocycles. The number of anilines is 2. The van der Waals surface area contributed by atoms with Crippen LogP contribution in [-0.2, 0) is 16.1 Å². The molecule has 3 amide bonds. The van der Waals surface area contributed by atoms with Crippen LogP contribution in [0.3, 0.4) is 0 Å². The molecule has 8 heteroatoms. The summed E-state index contributed by atoms with van der Waals surface area (Å²) in [6.45, 7) is 4.38. The van der Waals surface area contributed by atoms with Crippen LogP contribution in [-0.4, -0.2) is 27.7 Å². The third-order valence-corrected chi connectivity index (χ3v) is 6.98. The number of fused-ring (bicyclic) bond motifs is 1. The fraction of sp³-hybridized carbons (Fsp3) is 0.192. The number of carbonyl (C=O) groups is 3. The number of hydrogen-bond donors (Lipinski definition) is 0. The van der Waals surface area contributed by atoms with E-state index < -0.39 is 0 Å². The maximum absolute atomic E-state index is 13.8. The highest BCUT2D eigenvalue weighted by atomic mass is 32.1. The van der Waals surface area contributed by atoms with Crippen molar-refractivity contribution in [3.05, 3.63) is 83.2 Å². The summed E-state index contributed by atoms with van der Waals surface area (Å²) in [6.07, 6.45) is 3.79. The molecule has 1 saturated heterocycles. The van der Waals surface area contributed by atoms with E-state index in [0.717, 1.165) is 26.2 Å². The second-order valence-electron chi connectivity index (χ2n) is 8.33. The first-order valence-electron chi connectivity index (χ1n) is 10.9. The zero-order valence-corrected chi connectivity index (χ0v) is 19.6. The number of imide groups is 1. The molecule has 0 atom stereocenters. The van der Waals surface area contributed by atoms with Gasteiger partial charge in [-0.1, -0.05) is 23.5 Å². The maximum atomic E-state index is 13.8. The first kappa shape index (κ1) is 21.9. The van der Waals surface area contributed by atoms with Gasteiger partial charge in [-0.15, -0.1) is 0 Å². The fourth-order valence-electron chi connectivity index (χ4n) is 3.98. The van der Waals surface area contributed by atoms with Crippen LogP contribution in [0.5, 0.6) is 0 Å². The number of carbonyl (C=O) groups excluding carboxylic acids is 3. The molecule has 2 aromatic carbocycles. The second kappa shape index (κ2) is 8.79. The smallest absolute Gasteiger partial charge is 0.260 e. The number of hydrogen-bond acceptors (Lipinski definition) is 6. The SMILES string of the molecule is Cc1cc2nc(N(Cc3cccnc3)C(=O)c3cccc(N4C(=O)CCC4=O)c3)sc2cc1C. The van der Waals surface area contributed by atoms with E-state index >= 15 is 0 Å². The van der Waals surface area contributed by atoms with Gasteiger partial charge >= 0.3 is 0 Å². The van der Waals surface area contributed by atoms with Gasteiger partial charge in [-0.05, 0) is 66.9 Å². The van der Waals surface area contributed by atoms with Crippen molar-refractivity contribution in [2.75, 3.05) is 9.80 Å². The predicted octanol–water partition coefficient (Wildman–Crippen LogP) is 4.81. The molecule has 2 aromatic heterocycles. The minimum absolute atomic E-state index is 0.189. The first-order chi connectivity index (χ1) is 16.4. The van der Waals surface area contributed by atoms with Gasteiger partial charge in [0.05, 0.1) is 22.4 Å². The Bertz CT molecular complexity index is 1380. The van der Waals surface area contributed by atoms with Crippen LogP contribution in [0.25, 0.3) is 10.2 Å². The Kier molecular flexibility index (Phi) is 5.67. The minimum Gasteiger partial charge on any atom is -0.279 e. The van der Waals surface area contributed by atoms with E-state index in [1.54, 1.807) is 41.6 Å². The van der Waals surface area contributed by atoms with Gasteiger partial charge in [0.25, 0.3) is 5.91 Å². The summed E-state index contributed by atoms with van der Waals surface area (Å²) in [5.41, 5.74) is 4.80. The maximum Gasteiger partial charge on any atom is 0.260 e. The van der Waals surface area contributed by atoms with Gasteiger partial charge in [0.1, 0.15) is 0 Å². The zero-order chi connectivity index (χ0) is 23.8. The van der Waals surface area contributed by atoms with Gasteiger partial charge in [0.2, 0.25) is 11.8 Å². The molecule has 0 aliphatic carbocycles. The van der Waals surface area contributed by atoms with Crippen molar-refractivity contribution in [1.82, 2.24) is 9.97 Å². The Balaban J connectivity index is 1.56. The van der Waals surface area contributed by atoms with Gasteiger partial charge in [0, 0.05) is 30.8 Å². The van der Waals surface area contributed by atoms with Gasteiger partial charge in [0.15, 0.2) is 5.13 Å². The van der Waals surface area contributed by atoms with Crippen LogP contribution < -0.4 is 9.80 Å². The quantitative estimate of drug-likeness (QED) is 0.391. The molecule has 3 heterocycles. The van der Waals surface area contributed by atoms with Crippen molar-refractivity contribution in [2.45, 2.75) is 33.2 Å². The van der Waals surface area contributed by atoms with Crippen molar-refractivity contribution in [1.29, 1.82) is 0 Å². The zero-order valence-electron chi connectivity index (χ0n) is 18.8. The molecule has 0 radical (unpaired) electrons. The number of rotatable bonds is 5. The van der Waals surface area contributed by atoms with Gasteiger partial charge < -0.3 is 0 Å². The lowest BCUT2D eigenvalue weighted by Gasteiger charge is -2.21. The highest BCUT2D eigenvalue weighted by molar-refractivity contribution is 7.22. The standard InChI is InChI=1S/C26H22N4O3S/c1-16-11-21-22(12-17(16)2)34-26(28-21)29(15-18-5-4-10-27-14-18)25(33)19-6-3-7-20(13-19)30-23(31)8-9-24(30)32/h3-7,10-14H,8-9,15H2,1-2H3. The molecule has 5 rings (SSSR count). The van der Waals surface area contributed by atoms with Crippen molar-refractivity contribution >= 4 is 50.1 Å². The number of benzene rings is 2. The van der Waals surface area contributed by atoms with E-state index in [9.17, 15) is 14.4 Å². The molecule has 7 nitrogen and oxygen atoms in total. The molecule has 34 heavy (non-hydrogen) atoms. The fourth-order valence-corrected chi connectivity index (χ4v) is 5.03. The van der Waals surface area contributed by atoms with E-state index in [4.69, 9.17) is 4.98 Å². The number of pyridine rings is 1. The van der Waals surface area contributed by atoms with Crippen LogP contribution in [0, 0.1) is 13.8 Å². The van der Waals surface area contributed by atoms with Crippen molar-refractivity contribution in [3.63, 3.8) is 0 Å². The van der Waals surface area contributed by atoms with E-state index in [1.807, 2.05) is 25.1 Å². The normalized spacial score (nSPS) is 13.6. The number of aryl methyl sites for hydroxylation is 2. The molecule has 0 bridgehead atoms. The second-order valence-corrected chi connectivity index (χ2v) is 9.34. The molecule has 0 unspecified atom stereocenters. The minimum atomic E-state index is -0.266. The summed E-state index contributed by atoms with van der Waals surface area (Å²) in [5, 5.41) is 0.576. The van der Waals surface area contributed by atoms with E-state index in [0.29, 0.717) is 16.4 Å². The lowest BCUT2D eigenvalue weighted by molar-refractivity contribution is -0.121. The predicted molar refractivity (Wildman–Crippen MR) is 132 cm³/mol. The molecule has 0 saturated carbocycles. The van der Waals surface area contributed by atoms with E-state index in [-0.39, 0.29) is 37.1 Å². The lowest BCUT2D eigenvalue weighted by atomic mass is 10.1. The first-order valence-corrected chi connectivity index (χ1v) is 11.8. The average Bonchev–Trinajstić information content (AvgIpc) is 3.40. The van der Waals surface area contributed by atoms with E-state index in [1.165, 1.54) is 16.9 Å². The van der Waals surface area contributed by atoms with E-state index in [2.05, 4.69) is 18.0 Å². The van der Waals surface area contributed by atoms with Crippen molar-refractivity contribution in [2.24, 2.45) is 0 Å². The molecule has 1 aliphatic rings. The third kappa shape index (κ3) is 4.08. The van der Waals surface area contributed by atoms with Crippen LogP contribution in [0.4, 0.5) is 10.8 Å². The van der Waals surface area contributed by atoms with Crippen LogP contribution >= 0.6 is 11.3 Å². The summed E-state index contributed by atoms with van der Waals surface area (Å²) < 4.78 is 1.00. The average molecular weight is 471 g/mol. The number of amides is 3. The van der Waals surface area contributed by atoms with Gasteiger partial charge in [-0.3, -0.25) is 29.2 Å². The Morgan fingerprint density at radius 1 is 1.03 bits per heavy atom. The summed E-state index contributed by atoms with van der Waals surface area (Å²) >= 11 is 1.46. The Labute approximate surface area is 200 Å². The van der Waals surface area contributed by atoms with Crippen molar-refractivity contribution in [3.8, 4) is 0 Å². The monoisotopic (exact) mass is 470 g/mol. The molecule has 0 N–H and O–H groups in total. The highest BCUT2D eigenvalue weighted by Crippen LogP contribution is 2.33. The number of nitrogens with zero attached hydrogens (tertiary/aromatic N) is 4. The Hall–Kier alpha value is -3.91. The summed E-state index contributed by atoms with van der Waals surface area (Å²) in [4.78, 5) is 49.9. The van der Waals surface area contributed by atoms with Crippen molar-refractivity contribution < 1.29 is 14.4 Å². The topological polar surface area (TPSA) is 83.5 Å². The summed E-state index contributed by atoms with van der Waals surface area (Å²) in [5.74, 6) is -0.769. The number of aromatic nitrogens is 2. The van der Waals surface area contributed by atoms with Crippen LogP contribution in [0.15, 0.2) is 60.9 Å². The molecule has 0 spiro atoms. The largest absolute Gasteiger partial charge is 0.279 e. The molecule has 4 aromatic rings. The van der Waals surface area contributed by atoms with Gasteiger partial charge in [-0.25, -0.2) is 4.98 Å². The summed E-state index contributed by atoms with van der Waals surface area (Å²) in [7, 11) is 0. The third-order valence-electron chi connectivity index (χ3n) is 5.93. The molecule has 1 fully saturated rings. The number of thiazole rings is 1. The Morgan fingerprint density at radius 2 is 1.79 bits per heavy atom.